The van der Waals surface area contributed by atoms with Crippen LogP contribution in [0.2, 0.25) is 0 Å². The SMILES string of the molecule is CO[C@H]1[C@H](OC(C)=O)[C@H](O)[C@H](O[C@H]2[C@H](OC(C)=O)[C@H](O)[C@H](O[C@@H]3[C@H](OC(C)=O)[C@H](O)[C@H](O[C@H]4[C@H](OC(C)=O)[C@H](O)[C@H](O[C@H]5[C@@H](O)[C@H](NC(C)=O)[C@H](O[C@H]6[C@H](OC(C)=O)[C@H](O)[C@H](O[C@H]7[C@H](OC(C)=O)[C@H](O)[C@H](O[C@H]8[C@H](OC(C)=O)[C@H](O)[C@H](O)O[C@@H]8CO)O[C@@H]7CO)O[C@@H]6CO)O[C@@H]5CO)O[C@@H]4CO)O[C@@H]3C(=O)O)O[C@@H]2CO)O[C@@H]1CO. The van der Waals surface area contributed by atoms with Gasteiger partial charge in [-0.1, -0.05) is 0 Å². The van der Waals surface area contributed by atoms with Gasteiger partial charge in [-0.3, -0.25) is 38.4 Å². The number of esters is 7. The molecule has 0 aromatic carbocycles. The van der Waals surface area contributed by atoms with E-state index in [0.29, 0.717) is 0 Å². The van der Waals surface area contributed by atoms with Crippen LogP contribution in [0.4, 0.5) is 0 Å². The van der Waals surface area contributed by atoms with Gasteiger partial charge in [-0.15, -0.1) is 0 Å². The van der Waals surface area contributed by atoms with Crippen LogP contribution in [0, 0.1) is 0 Å². The van der Waals surface area contributed by atoms with Gasteiger partial charge in [0.15, 0.2) is 99.2 Å². The summed E-state index contributed by atoms with van der Waals surface area (Å²) in [6.45, 7) is -0.717. The van der Waals surface area contributed by atoms with E-state index in [1.807, 2.05) is 0 Å². The molecule has 0 unspecified atom stereocenters. The molecule has 40 atom stereocenters. The number of ether oxygens (including phenoxy) is 23. The Kier molecular flexibility index (Phi) is 34.3. The van der Waals surface area contributed by atoms with Crippen molar-refractivity contribution in [2.75, 3.05) is 53.4 Å². The van der Waals surface area contributed by atoms with Crippen LogP contribution in [0.3, 0.4) is 0 Å². The first kappa shape index (κ1) is 94.4. The maximum atomic E-state index is 13.3. The molecule has 50 heteroatoms. The molecule has 658 valence electrons. The molecule has 50 nitrogen and oxygen atoms in total. The molecule has 8 heterocycles. The third-order valence-corrected chi connectivity index (χ3v) is 19.2. The van der Waals surface area contributed by atoms with E-state index in [1.54, 1.807) is 0 Å². The van der Waals surface area contributed by atoms with Gasteiger partial charge >= 0.3 is 47.8 Å². The van der Waals surface area contributed by atoms with Crippen molar-refractivity contribution in [2.45, 2.75) is 301 Å². The molecule has 0 aromatic heterocycles. The monoisotopic (exact) mass is 1680 g/mol. The molecule has 0 saturated carbocycles. The van der Waals surface area contributed by atoms with E-state index < -0.39 is 345 Å². The summed E-state index contributed by atoms with van der Waals surface area (Å²) in [5.74, 6) is -10.9. The number of methoxy groups -OCH3 is 1. The highest BCUT2D eigenvalue weighted by Crippen LogP contribution is 2.42. The van der Waals surface area contributed by atoms with E-state index in [-0.39, 0.29) is 0 Å². The molecule has 8 saturated heterocycles. The van der Waals surface area contributed by atoms with Crippen LogP contribution in [0.5, 0.6) is 0 Å². The molecule has 0 bridgehead atoms. The lowest BCUT2D eigenvalue weighted by atomic mass is 9.94. The number of aliphatic hydroxyl groups excluding tert-OH is 16. The van der Waals surface area contributed by atoms with E-state index in [1.165, 1.54) is 0 Å². The summed E-state index contributed by atoms with van der Waals surface area (Å²) >= 11 is 0. The van der Waals surface area contributed by atoms with E-state index in [0.717, 1.165) is 62.5 Å². The normalized spacial score (nSPS) is 43.6. The second-order valence-electron chi connectivity index (χ2n) is 27.4. The molecule has 0 radical (unpaired) electrons. The maximum Gasteiger partial charge on any atom is 0.335 e. The lowest BCUT2D eigenvalue weighted by molar-refractivity contribution is -0.393. The largest absolute Gasteiger partial charge is 0.479 e. The van der Waals surface area contributed by atoms with Crippen molar-refractivity contribution >= 4 is 53.7 Å². The quantitative estimate of drug-likeness (QED) is 0.0226. The number of carboxylic acid groups (broad SMARTS) is 1. The standard InChI is InChI=1S/C65H99NO49/c1-17(74)66-32-33(82)41(25(10-67)102-59(32)109-44-28(13-70)105-63(37(86)50(44)96-20(4)77)112-45-29(14-71)106-62(38(87)52(45)98-22(6)79)110-43-27(12-69)101-58(92)34(83)48(43)94-18(2)75)108-60-36(85)51(97-21(5)78)47(31(16-73)104-60)113-65-40(89)54(100-24(8)81)55(56(115-65)57(90)91)114-64-39(88)53(99-23(7)80)46(30(15-72)107-64)111-61-35(84)49(95-19(3)76)42(93-9)26(11-68)103-61/h25-56,58-65,67-73,82-89,92H,10-16H2,1-9H3,(H,66,74)(H,90,91)/t25-,26-,27-,28-,29-,30-,31-,32+,33+,34+,35+,36+,37+,38+,39+,40+,41-,42-,43-,44-,45-,46-,47-,48-,49-,50-,51-,52-,53-,54-,55-,56+,58-,59+,60+,61+,62+,63+,64+,65-/m1/s1. The Bertz CT molecular complexity index is 3230. The van der Waals surface area contributed by atoms with Gasteiger partial charge in [0.05, 0.1) is 46.2 Å². The number of aliphatic carboxylic acids is 1. The van der Waals surface area contributed by atoms with Gasteiger partial charge in [-0.25, -0.2) is 4.79 Å². The minimum atomic E-state index is -2.55. The van der Waals surface area contributed by atoms with Gasteiger partial charge in [0.25, 0.3) is 0 Å². The van der Waals surface area contributed by atoms with E-state index in [4.69, 9.17) is 109 Å². The van der Waals surface area contributed by atoms with Crippen LogP contribution in [-0.4, -0.2) is 439 Å². The third-order valence-electron chi connectivity index (χ3n) is 19.2. The highest BCUT2D eigenvalue weighted by molar-refractivity contribution is 5.74. The van der Waals surface area contributed by atoms with E-state index >= 15 is 0 Å². The summed E-state index contributed by atoms with van der Waals surface area (Å²) in [5, 5.41) is 192. The molecule has 8 fully saturated rings. The number of amides is 1. The lowest BCUT2D eigenvalue weighted by Crippen LogP contribution is -2.70. The van der Waals surface area contributed by atoms with Crippen LogP contribution in [0.1, 0.15) is 55.4 Å². The number of carbonyl (C=O) groups excluding carboxylic acids is 8. The maximum absolute atomic E-state index is 13.3. The Labute approximate surface area is 650 Å². The van der Waals surface area contributed by atoms with Crippen molar-refractivity contribution < 1.29 is 239 Å². The average molecular weight is 1680 g/mol. The van der Waals surface area contributed by atoms with Crippen molar-refractivity contribution in [1.82, 2.24) is 5.32 Å². The zero-order valence-corrected chi connectivity index (χ0v) is 62.7. The van der Waals surface area contributed by atoms with Crippen LogP contribution in [0.15, 0.2) is 0 Å². The predicted octanol–water partition coefficient (Wildman–Crippen LogP) is -13.6. The molecule has 0 aliphatic carbocycles. The van der Waals surface area contributed by atoms with Crippen LogP contribution in [-0.2, 0) is 152 Å². The molecular weight excluding hydrogens is 1580 g/mol. The molecule has 0 aromatic rings. The van der Waals surface area contributed by atoms with Gasteiger partial charge in [0, 0.05) is 62.5 Å². The van der Waals surface area contributed by atoms with E-state index in [2.05, 4.69) is 5.32 Å². The smallest absolute Gasteiger partial charge is 0.335 e. The topological polar surface area (TPSA) is 722 Å². The van der Waals surface area contributed by atoms with Crippen LogP contribution in [0.25, 0.3) is 0 Å². The molecule has 8 aliphatic rings. The highest BCUT2D eigenvalue weighted by atomic mass is 16.8. The van der Waals surface area contributed by atoms with Gasteiger partial charge < -0.3 is 201 Å². The summed E-state index contributed by atoms with van der Waals surface area (Å²) < 4.78 is 131. The van der Waals surface area contributed by atoms with Crippen molar-refractivity contribution in [3.05, 3.63) is 0 Å². The average Bonchev–Trinajstić information content (AvgIpc) is 0.765. The highest BCUT2D eigenvalue weighted by Gasteiger charge is 2.63. The zero-order valence-electron chi connectivity index (χ0n) is 62.7. The first-order valence-electron chi connectivity index (χ1n) is 35.7. The molecule has 8 aliphatic heterocycles. The number of hydrogen-bond donors (Lipinski definition) is 18. The number of aliphatic hydroxyl groups is 16. The van der Waals surface area contributed by atoms with Crippen molar-refractivity contribution in [3.8, 4) is 0 Å². The first-order chi connectivity index (χ1) is 54.3. The Balaban J connectivity index is 1.00. The number of hydrogen-bond acceptors (Lipinski definition) is 48. The number of rotatable bonds is 31. The molecule has 0 spiro atoms. The Morgan fingerprint density at radius 3 is 0.757 bits per heavy atom. The van der Waals surface area contributed by atoms with Crippen molar-refractivity contribution in [1.29, 1.82) is 0 Å². The van der Waals surface area contributed by atoms with Crippen molar-refractivity contribution in [3.63, 3.8) is 0 Å². The second kappa shape index (κ2) is 41.8. The number of carboxylic acids is 1. The Morgan fingerprint density at radius 1 is 0.270 bits per heavy atom. The Hall–Kier alpha value is -6.05. The zero-order chi connectivity index (χ0) is 85.2. The van der Waals surface area contributed by atoms with Gasteiger partial charge in [-0.2, -0.15) is 0 Å². The fourth-order valence-electron chi connectivity index (χ4n) is 14.3. The summed E-state index contributed by atoms with van der Waals surface area (Å²) in [6, 6.07) is -1.97. The third kappa shape index (κ3) is 22.1. The minimum Gasteiger partial charge on any atom is -0.479 e. The van der Waals surface area contributed by atoms with Gasteiger partial charge in [0.2, 0.25) is 5.91 Å². The summed E-state index contributed by atoms with van der Waals surface area (Å²) in [4.78, 5) is 115. The molecule has 115 heavy (non-hydrogen) atoms. The molecule has 18 N–H and O–H groups in total. The number of nitrogens with one attached hydrogen (secondary N) is 1. The summed E-state index contributed by atoms with van der Waals surface area (Å²) in [7, 11) is 1.14. The first-order valence-corrected chi connectivity index (χ1v) is 35.7. The van der Waals surface area contributed by atoms with Gasteiger partial charge in [-0.05, 0) is 0 Å². The lowest BCUT2D eigenvalue weighted by Gasteiger charge is -2.51. The molecule has 8 rings (SSSR count). The minimum absolute atomic E-state index is 0.780. The fourth-order valence-corrected chi connectivity index (χ4v) is 14.3. The Morgan fingerprint density at radius 2 is 0.487 bits per heavy atom. The fraction of sp³-hybridized carbons (Fsp3) is 0.862. The molecule has 1 amide bonds. The van der Waals surface area contributed by atoms with Crippen LogP contribution < -0.4 is 5.32 Å². The van der Waals surface area contributed by atoms with Crippen LogP contribution >= 0.6 is 0 Å². The van der Waals surface area contributed by atoms with Gasteiger partial charge in [0.1, 0.15) is 146 Å². The molecular formula is C65H99NO49. The van der Waals surface area contributed by atoms with Crippen molar-refractivity contribution in [2.24, 2.45) is 0 Å². The second-order valence-corrected chi connectivity index (χ2v) is 27.4. The number of carbonyl (C=O) groups is 9. The summed E-state index contributed by atoms with van der Waals surface area (Å²) in [5.41, 5.74) is 0. The summed E-state index contributed by atoms with van der Waals surface area (Å²) in [6.07, 6.45) is -80.4. The van der Waals surface area contributed by atoms with E-state index in [9.17, 15) is 130 Å². The predicted molar refractivity (Wildman–Crippen MR) is 348 cm³/mol.